The fourth-order valence-corrected chi connectivity index (χ4v) is 5.51. The number of benzene rings is 1. The Labute approximate surface area is 307 Å². The first-order valence-corrected chi connectivity index (χ1v) is 18.4. The molecule has 0 unspecified atom stereocenters. The molecule has 4 N–H and O–H groups in total. The summed E-state index contributed by atoms with van der Waals surface area (Å²) in [5, 5.41) is 13.6. The van der Waals surface area contributed by atoms with Crippen LogP contribution in [-0.4, -0.2) is 72.6 Å². The van der Waals surface area contributed by atoms with Gasteiger partial charge in [0.05, 0.1) is 23.6 Å². The van der Waals surface area contributed by atoms with E-state index in [1.54, 1.807) is 0 Å². The maximum absolute atomic E-state index is 4.83. The van der Waals surface area contributed by atoms with Crippen LogP contribution in [0.5, 0.6) is 0 Å². The van der Waals surface area contributed by atoms with Gasteiger partial charge in [0, 0.05) is 51.5 Å². The van der Waals surface area contributed by atoms with Gasteiger partial charge in [0.25, 0.3) is 0 Å². The molecular formula is C38H52N14. The van der Waals surface area contributed by atoms with Gasteiger partial charge in [-0.2, -0.15) is 29.9 Å². The summed E-state index contributed by atoms with van der Waals surface area (Å²) < 4.78 is 0. The van der Waals surface area contributed by atoms with Gasteiger partial charge in [0.1, 0.15) is 0 Å². The molecule has 0 amide bonds. The molecule has 14 heteroatoms. The molecule has 1 aromatic carbocycles. The van der Waals surface area contributed by atoms with E-state index in [9.17, 15) is 0 Å². The third kappa shape index (κ3) is 10.7. The van der Waals surface area contributed by atoms with Gasteiger partial charge in [-0.15, -0.1) is 0 Å². The third-order valence-electron chi connectivity index (χ3n) is 8.43. The van der Waals surface area contributed by atoms with E-state index in [1.165, 1.54) is 0 Å². The zero-order chi connectivity index (χ0) is 36.7. The molecule has 274 valence electrons. The highest BCUT2D eigenvalue weighted by Gasteiger charge is 2.14. The van der Waals surface area contributed by atoms with Gasteiger partial charge >= 0.3 is 0 Å². The largest absolute Gasteiger partial charge is 0.354 e. The Morgan fingerprint density at radius 1 is 0.500 bits per heavy atom. The SMILES string of the molecule is CCCCNc1nc(NCc2cccc(CNc3nc(NCc4cccc(-c5cccc(C)n5)n4)nc(N(CC)CC)n3)c2)nc(N(CC)CC)n1. The molecule has 4 aromatic heterocycles. The minimum atomic E-state index is 0.448. The van der Waals surface area contributed by atoms with Gasteiger partial charge in [-0.1, -0.05) is 49.7 Å². The average Bonchev–Trinajstić information content (AvgIpc) is 3.17. The number of nitrogens with zero attached hydrogens (tertiary/aromatic N) is 10. The maximum atomic E-state index is 4.83. The molecular weight excluding hydrogens is 653 g/mol. The van der Waals surface area contributed by atoms with E-state index in [-0.39, 0.29) is 0 Å². The van der Waals surface area contributed by atoms with Crippen molar-refractivity contribution >= 4 is 35.7 Å². The maximum Gasteiger partial charge on any atom is 0.231 e. The van der Waals surface area contributed by atoms with Crippen LogP contribution in [0.1, 0.15) is 70.0 Å². The van der Waals surface area contributed by atoms with Crippen LogP contribution in [0.15, 0.2) is 60.7 Å². The van der Waals surface area contributed by atoms with E-state index in [0.717, 1.165) is 79.5 Å². The fraction of sp³-hybridized carbons (Fsp3) is 0.421. The molecule has 4 heterocycles. The van der Waals surface area contributed by atoms with Gasteiger partial charge in [-0.3, -0.25) is 4.98 Å². The Kier molecular flexibility index (Phi) is 13.8. The topological polar surface area (TPSA) is 158 Å². The molecule has 0 bridgehead atoms. The minimum Gasteiger partial charge on any atom is -0.354 e. The number of anilines is 6. The normalized spacial score (nSPS) is 10.9. The van der Waals surface area contributed by atoms with Crippen LogP contribution in [0.4, 0.5) is 35.7 Å². The summed E-state index contributed by atoms with van der Waals surface area (Å²) >= 11 is 0. The Morgan fingerprint density at radius 2 is 0.981 bits per heavy atom. The predicted octanol–water partition coefficient (Wildman–Crippen LogP) is 6.56. The first-order chi connectivity index (χ1) is 25.4. The summed E-state index contributed by atoms with van der Waals surface area (Å²) in [6.45, 7) is 18.1. The Bertz CT molecular complexity index is 1860. The summed E-state index contributed by atoms with van der Waals surface area (Å²) in [6.07, 6.45) is 2.15. The van der Waals surface area contributed by atoms with Crippen LogP contribution in [0.3, 0.4) is 0 Å². The Hall–Kier alpha value is -5.66. The quantitative estimate of drug-likeness (QED) is 0.0645. The van der Waals surface area contributed by atoms with Crippen LogP contribution < -0.4 is 31.1 Å². The van der Waals surface area contributed by atoms with Crippen molar-refractivity contribution in [3.8, 4) is 11.4 Å². The molecule has 0 saturated carbocycles. The molecule has 0 aliphatic carbocycles. The van der Waals surface area contributed by atoms with Crippen molar-refractivity contribution in [2.24, 2.45) is 0 Å². The second kappa shape index (κ2) is 19.1. The summed E-state index contributed by atoms with van der Waals surface area (Å²) in [5.74, 6) is 3.37. The first kappa shape index (κ1) is 37.6. The van der Waals surface area contributed by atoms with Crippen LogP contribution in [0.25, 0.3) is 11.4 Å². The predicted molar refractivity (Wildman–Crippen MR) is 211 cm³/mol. The molecule has 52 heavy (non-hydrogen) atoms. The zero-order valence-corrected chi connectivity index (χ0v) is 31.3. The number of pyridine rings is 2. The zero-order valence-electron chi connectivity index (χ0n) is 31.3. The lowest BCUT2D eigenvalue weighted by Crippen LogP contribution is -2.25. The van der Waals surface area contributed by atoms with Crippen LogP contribution >= 0.6 is 0 Å². The fourth-order valence-electron chi connectivity index (χ4n) is 5.51. The lowest BCUT2D eigenvalue weighted by Gasteiger charge is -2.20. The van der Waals surface area contributed by atoms with Crippen LogP contribution in [-0.2, 0) is 19.6 Å². The highest BCUT2D eigenvalue weighted by Crippen LogP contribution is 2.19. The highest BCUT2D eigenvalue weighted by molar-refractivity contribution is 5.54. The van der Waals surface area contributed by atoms with Gasteiger partial charge < -0.3 is 31.1 Å². The van der Waals surface area contributed by atoms with Crippen LogP contribution in [0.2, 0.25) is 0 Å². The van der Waals surface area contributed by atoms with Gasteiger partial charge in [0.2, 0.25) is 35.7 Å². The Morgan fingerprint density at radius 3 is 1.50 bits per heavy atom. The molecule has 0 saturated heterocycles. The number of hydrogen-bond donors (Lipinski definition) is 4. The van der Waals surface area contributed by atoms with Crippen molar-refractivity contribution in [3.05, 3.63) is 83.2 Å². The van der Waals surface area contributed by atoms with E-state index in [4.69, 9.17) is 24.9 Å². The first-order valence-electron chi connectivity index (χ1n) is 18.4. The van der Waals surface area contributed by atoms with Crippen molar-refractivity contribution in [1.29, 1.82) is 0 Å². The molecule has 5 aromatic rings. The molecule has 0 spiro atoms. The number of rotatable bonds is 20. The number of aromatic nitrogens is 8. The smallest absolute Gasteiger partial charge is 0.231 e. The van der Waals surface area contributed by atoms with E-state index < -0.39 is 0 Å². The van der Waals surface area contributed by atoms with Crippen molar-refractivity contribution < 1.29 is 0 Å². The standard InChI is InChI=1S/C38H52N14/c1-7-12-22-39-33-45-34(48-37(47-33)51(8-2)9-3)40-24-28-17-14-18-29(23-28)25-41-35-46-36(50-38(49-35)52(10-4)11-5)42-26-30-19-15-21-32(44-30)31-20-13-16-27(6)43-31/h13-21,23H,7-12,22,24-26H2,1-6H3,(H2,39,40,45,47,48)(H2,41,42,46,49,50). The van der Waals surface area contributed by atoms with Gasteiger partial charge in [0.15, 0.2) is 0 Å². The summed E-state index contributed by atoms with van der Waals surface area (Å²) in [7, 11) is 0. The molecule has 5 rings (SSSR count). The Balaban J connectivity index is 1.26. The summed E-state index contributed by atoms with van der Waals surface area (Å²) in [6, 6.07) is 20.3. The molecule has 0 radical (unpaired) electrons. The summed E-state index contributed by atoms with van der Waals surface area (Å²) in [4.78, 5) is 41.9. The third-order valence-corrected chi connectivity index (χ3v) is 8.43. The molecule has 0 atom stereocenters. The van der Waals surface area contributed by atoms with Gasteiger partial charge in [-0.05, 0) is 76.4 Å². The lowest BCUT2D eigenvalue weighted by atomic mass is 10.1. The van der Waals surface area contributed by atoms with E-state index >= 15 is 0 Å². The number of unbranched alkanes of at least 4 members (excludes halogenated alkanes) is 1. The van der Waals surface area contributed by atoms with Crippen molar-refractivity contribution in [1.82, 2.24) is 39.9 Å². The number of aryl methyl sites for hydroxylation is 1. The van der Waals surface area contributed by atoms with Crippen molar-refractivity contribution in [2.75, 3.05) is 63.8 Å². The molecule has 0 aliphatic rings. The number of hydrogen-bond acceptors (Lipinski definition) is 14. The van der Waals surface area contributed by atoms with Crippen LogP contribution in [0, 0.1) is 6.92 Å². The van der Waals surface area contributed by atoms with E-state index in [1.807, 2.05) is 43.3 Å². The van der Waals surface area contributed by atoms with Gasteiger partial charge in [-0.25, -0.2) is 4.98 Å². The van der Waals surface area contributed by atoms with Crippen molar-refractivity contribution in [3.63, 3.8) is 0 Å². The van der Waals surface area contributed by atoms with E-state index in [0.29, 0.717) is 55.3 Å². The van der Waals surface area contributed by atoms with Crippen molar-refractivity contribution in [2.45, 2.75) is 74.0 Å². The average molecular weight is 705 g/mol. The monoisotopic (exact) mass is 704 g/mol. The molecule has 0 fully saturated rings. The molecule has 14 nitrogen and oxygen atoms in total. The lowest BCUT2D eigenvalue weighted by molar-refractivity contribution is 0.799. The second-order valence-electron chi connectivity index (χ2n) is 12.2. The second-order valence-corrected chi connectivity index (χ2v) is 12.2. The highest BCUT2D eigenvalue weighted by atomic mass is 15.3. The summed E-state index contributed by atoms with van der Waals surface area (Å²) in [5.41, 5.74) is 5.67. The minimum absolute atomic E-state index is 0.448. The molecule has 0 aliphatic heterocycles. The van der Waals surface area contributed by atoms with E-state index in [2.05, 4.69) is 105 Å². The number of nitrogens with one attached hydrogen (secondary N) is 4.